The molecule has 118 valence electrons. The summed E-state index contributed by atoms with van der Waals surface area (Å²) in [6.45, 7) is 1.78. The number of hydrogen-bond donors (Lipinski definition) is 2. The third-order valence-corrected chi connectivity index (χ3v) is 3.62. The molecule has 1 aromatic carbocycles. The lowest BCUT2D eigenvalue weighted by Gasteiger charge is -2.15. The van der Waals surface area contributed by atoms with Crippen molar-refractivity contribution in [2.24, 2.45) is 0 Å². The maximum absolute atomic E-state index is 10.5. The molecule has 0 radical (unpaired) electrons. The number of nitrogens with one attached hydrogen (secondary N) is 1. The van der Waals surface area contributed by atoms with Crippen molar-refractivity contribution >= 4 is 5.97 Å². The largest absolute Gasteiger partial charge is 0.481 e. The number of benzene rings is 1. The van der Waals surface area contributed by atoms with Crippen LogP contribution in [0.5, 0.6) is 0 Å². The van der Waals surface area contributed by atoms with Crippen LogP contribution < -0.4 is 0 Å². The van der Waals surface area contributed by atoms with Gasteiger partial charge in [0, 0.05) is 17.7 Å². The van der Waals surface area contributed by atoms with Gasteiger partial charge in [-0.15, -0.1) is 0 Å². The normalized spacial score (nSPS) is 11.0. The molecule has 5 heteroatoms. The molecule has 0 unspecified atom stereocenters. The molecule has 0 amide bonds. The molecule has 1 heterocycles. The summed E-state index contributed by atoms with van der Waals surface area (Å²) in [4.78, 5) is 12.6. The van der Waals surface area contributed by atoms with Gasteiger partial charge in [0.1, 0.15) is 0 Å². The van der Waals surface area contributed by atoms with E-state index in [0.29, 0.717) is 6.42 Å². The van der Waals surface area contributed by atoms with E-state index in [-0.39, 0.29) is 6.42 Å². The molecule has 0 atom stereocenters. The van der Waals surface area contributed by atoms with Crippen LogP contribution in [-0.4, -0.2) is 46.3 Å². The minimum atomic E-state index is -0.723. The zero-order valence-electron chi connectivity index (χ0n) is 13.0. The van der Waals surface area contributed by atoms with Gasteiger partial charge in [0.25, 0.3) is 0 Å². The van der Waals surface area contributed by atoms with Gasteiger partial charge in [0.05, 0.1) is 5.69 Å². The highest BCUT2D eigenvalue weighted by Crippen LogP contribution is 2.17. The number of rotatable bonds is 9. The van der Waals surface area contributed by atoms with Crippen LogP contribution in [0.2, 0.25) is 0 Å². The number of hydrogen-bond acceptors (Lipinski definition) is 3. The van der Waals surface area contributed by atoms with Gasteiger partial charge < -0.3 is 10.0 Å². The molecule has 1 aromatic heterocycles. The van der Waals surface area contributed by atoms with Crippen molar-refractivity contribution in [1.29, 1.82) is 0 Å². The van der Waals surface area contributed by atoms with E-state index in [4.69, 9.17) is 5.11 Å². The van der Waals surface area contributed by atoms with E-state index in [1.807, 2.05) is 25.2 Å². The number of carboxylic acid groups (broad SMARTS) is 1. The van der Waals surface area contributed by atoms with Crippen molar-refractivity contribution in [3.63, 3.8) is 0 Å². The Morgan fingerprint density at radius 3 is 2.68 bits per heavy atom. The fourth-order valence-electron chi connectivity index (χ4n) is 2.40. The van der Waals surface area contributed by atoms with Gasteiger partial charge in [-0.25, -0.2) is 0 Å². The van der Waals surface area contributed by atoms with Gasteiger partial charge in [-0.3, -0.25) is 9.89 Å². The Hall–Kier alpha value is -2.14. The molecule has 0 aliphatic rings. The highest BCUT2D eigenvalue weighted by molar-refractivity contribution is 5.66. The summed E-state index contributed by atoms with van der Waals surface area (Å²) in [7, 11) is 2.03. The molecule has 2 N–H and O–H groups in total. The lowest BCUT2D eigenvalue weighted by molar-refractivity contribution is -0.137. The summed E-state index contributed by atoms with van der Waals surface area (Å²) in [6.07, 6.45) is 2.92. The van der Waals surface area contributed by atoms with Crippen LogP contribution in [0, 0.1) is 0 Å². The van der Waals surface area contributed by atoms with Crippen LogP contribution in [0.4, 0.5) is 0 Å². The quantitative estimate of drug-likeness (QED) is 0.747. The standard InChI is InChI=1S/C17H23N3O2/c1-20(12-6-10-17(21)22)11-5-9-15-13-16(19-18-15)14-7-3-2-4-8-14/h2-4,7-8,13H,5-6,9-12H2,1H3,(H,18,19)(H,21,22). The maximum Gasteiger partial charge on any atom is 0.303 e. The Labute approximate surface area is 131 Å². The number of aryl methyl sites for hydroxylation is 1. The van der Waals surface area contributed by atoms with Crippen LogP contribution in [0.25, 0.3) is 11.3 Å². The molecule has 5 nitrogen and oxygen atoms in total. The van der Waals surface area contributed by atoms with Crippen molar-refractivity contribution < 1.29 is 9.90 Å². The van der Waals surface area contributed by atoms with Crippen molar-refractivity contribution in [2.75, 3.05) is 20.1 Å². The summed E-state index contributed by atoms with van der Waals surface area (Å²) >= 11 is 0. The second-order valence-corrected chi connectivity index (χ2v) is 5.55. The van der Waals surface area contributed by atoms with E-state index >= 15 is 0 Å². The summed E-state index contributed by atoms with van der Waals surface area (Å²) in [6, 6.07) is 12.2. The van der Waals surface area contributed by atoms with E-state index in [2.05, 4.69) is 33.3 Å². The Morgan fingerprint density at radius 2 is 1.95 bits per heavy atom. The smallest absolute Gasteiger partial charge is 0.303 e. The molecule has 2 rings (SSSR count). The molecule has 2 aromatic rings. The third-order valence-electron chi connectivity index (χ3n) is 3.62. The second kappa shape index (κ2) is 8.34. The van der Waals surface area contributed by atoms with Gasteiger partial charge in [-0.2, -0.15) is 5.10 Å². The number of carboxylic acids is 1. The first-order valence-corrected chi connectivity index (χ1v) is 7.65. The molecule has 0 saturated carbocycles. The van der Waals surface area contributed by atoms with E-state index in [0.717, 1.165) is 42.9 Å². The Kier molecular flexibility index (Phi) is 6.15. The summed E-state index contributed by atoms with van der Waals surface area (Å²) in [5.41, 5.74) is 3.24. The fraction of sp³-hybridized carbons (Fsp3) is 0.412. The number of carbonyl (C=O) groups is 1. The zero-order valence-corrected chi connectivity index (χ0v) is 13.0. The SMILES string of the molecule is CN(CCCC(=O)O)CCCc1cc(-c2ccccc2)n[nH]1. The van der Waals surface area contributed by atoms with Crippen molar-refractivity contribution in [1.82, 2.24) is 15.1 Å². The summed E-state index contributed by atoms with van der Waals surface area (Å²) in [5.74, 6) is -0.723. The van der Waals surface area contributed by atoms with Crippen LogP contribution in [-0.2, 0) is 11.2 Å². The average Bonchev–Trinajstić information content (AvgIpc) is 2.97. The lowest BCUT2D eigenvalue weighted by atomic mass is 10.1. The molecule has 0 spiro atoms. The fourth-order valence-corrected chi connectivity index (χ4v) is 2.40. The van der Waals surface area contributed by atoms with E-state index in [9.17, 15) is 4.79 Å². The van der Waals surface area contributed by atoms with Crippen LogP contribution in [0.1, 0.15) is 25.0 Å². The Bertz CT molecular complexity index is 581. The van der Waals surface area contributed by atoms with Crippen LogP contribution >= 0.6 is 0 Å². The molecule has 22 heavy (non-hydrogen) atoms. The average molecular weight is 301 g/mol. The number of aromatic nitrogens is 2. The van der Waals surface area contributed by atoms with Crippen LogP contribution in [0.15, 0.2) is 36.4 Å². The minimum Gasteiger partial charge on any atom is -0.481 e. The number of aromatic amines is 1. The zero-order chi connectivity index (χ0) is 15.8. The predicted molar refractivity (Wildman–Crippen MR) is 86.7 cm³/mol. The van der Waals surface area contributed by atoms with Crippen molar-refractivity contribution in [2.45, 2.75) is 25.7 Å². The first-order chi connectivity index (χ1) is 10.6. The summed E-state index contributed by atoms with van der Waals surface area (Å²) < 4.78 is 0. The Balaban J connectivity index is 1.71. The monoisotopic (exact) mass is 301 g/mol. The molecule has 0 fully saturated rings. The first-order valence-electron chi connectivity index (χ1n) is 7.65. The van der Waals surface area contributed by atoms with Gasteiger partial charge in [-0.05, 0) is 45.5 Å². The van der Waals surface area contributed by atoms with E-state index in [1.54, 1.807) is 0 Å². The lowest BCUT2D eigenvalue weighted by Crippen LogP contribution is -2.22. The molecule has 0 aliphatic heterocycles. The van der Waals surface area contributed by atoms with Crippen molar-refractivity contribution in [3.8, 4) is 11.3 Å². The topological polar surface area (TPSA) is 69.2 Å². The molecule has 0 aliphatic carbocycles. The maximum atomic E-state index is 10.5. The molecule has 0 saturated heterocycles. The minimum absolute atomic E-state index is 0.241. The highest BCUT2D eigenvalue weighted by Gasteiger charge is 2.05. The summed E-state index contributed by atoms with van der Waals surface area (Å²) in [5, 5.41) is 16.1. The van der Waals surface area contributed by atoms with E-state index < -0.39 is 5.97 Å². The number of H-pyrrole nitrogens is 1. The van der Waals surface area contributed by atoms with Crippen molar-refractivity contribution in [3.05, 3.63) is 42.1 Å². The predicted octanol–water partition coefficient (Wildman–Crippen LogP) is 2.81. The Morgan fingerprint density at radius 1 is 1.23 bits per heavy atom. The van der Waals surface area contributed by atoms with Gasteiger partial charge >= 0.3 is 5.97 Å². The molecule has 0 bridgehead atoms. The van der Waals surface area contributed by atoms with Gasteiger partial charge in [0.15, 0.2) is 0 Å². The third kappa shape index (κ3) is 5.33. The van der Waals surface area contributed by atoms with Gasteiger partial charge in [0.2, 0.25) is 0 Å². The van der Waals surface area contributed by atoms with Gasteiger partial charge in [-0.1, -0.05) is 30.3 Å². The number of nitrogens with zero attached hydrogens (tertiary/aromatic N) is 2. The van der Waals surface area contributed by atoms with Crippen LogP contribution in [0.3, 0.4) is 0 Å². The number of aliphatic carboxylic acids is 1. The first kappa shape index (κ1) is 16.2. The molecular formula is C17H23N3O2. The highest BCUT2D eigenvalue weighted by atomic mass is 16.4. The molecular weight excluding hydrogens is 278 g/mol. The van der Waals surface area contributed by atoms with E-state index in [1.165, 1.54) is 0 Å². The second-order valence-electron chi connectivity index (χ2n) is 5.55.